The lowest BCUT2D eigenvalue weighted by Gasteiger charge is -2.12. The van der Waals surface area contributed by atoms with Crippen molar-refractivity contribution < 1.29 is 13.6 Å². The van der Waals surface area contributed by atoms with Crippen molar-refractivity contribution >= 4 is 22.8 Å². The van der Waals surface area contributed by atoms with Gasteiger partial charge in [-0.25, -0.2) is 18.6 Å². The third-order valence-corrected chi connectivity index (χ3v) is 5.01. The molecule has 0 aliphatic rings. The number of nitrogens with zero attached hydrogens (tertiary/aromatic N) is 2. The molecule has 0 bridgehead atoms. The highest BCUT2D eigenvalue weighted by atomic mass is 19.1. The number of para-hydroxylation sites is 2. The zero-order chi connectivity index (χ0) is 21.6. The predicted molar refractivity (Wildman–Crippen MR) is 117 cm³/mol. The van der Waals surface area contributed by atoms with Crippen LogP contribution < -0.4 is 10.6 Å². The van der Waals surface area contributed by atoms with Crippen LogP contribution in [0.3, 0.4) is 0 Å². The summed E-state index contributed by atoms with van der Waals surface area (Å²) in [6, 6.07) is 20.5. The maximum Gasteiger partial charge on any atom is 0.319 e. The monoisotopic (exact) mass is 420 g/mol. The van der Waals surface area contributed by atoms with Crippen LogP contribution in [-0.4, -0.2) is 22.1 Å². The Kier molecular flexibility index (Phi) is 6.21. The molecule has 5 nitrogen and oxygen atoms in total. The Balaban J connectivity index is 1.41. The third-order valence-electron chi connectivity index (χ3n) is 5.01. The molecule has 4 rings (SSSR count). The molecule has 0 radical (unpaired) electrons. The number of anilines is 1. The Morgan fingerprint density at radius 1 is 0.935 bits per heavy atom. The molecule has 4 aromatic rings. The maximum atomic E-state index is 13.7. The number of fused-ring (bicyclic) bond motifs is 1. The van der Waals surface area contributed by atoms with Gasteiger partial charge in [0.2, 0.25) is 0 Å². The molecule has 0 aliphatic heterocycles. The maximum absolute atomic E-state index is 13.7. The summed E-state index contributed by atoms with van der Waals surface area (Å²) in [5, 5.41) is 5.12. The second-order valence-electron chi connectivity index (χ2n) is 7.16. The van der Waals surface area contributed by atoms with Gasteiger partial charge in [0.1, 0.15) is 17.5 Å². The minimum atomic E-state index is -0.820. The summed E-state index contributed by atoms with van der Waals surface area (Å²) in [6.07, 6.45) is 1.63. The van der Waals surface area contributed by atoms with Crippen molar-refractivity contribution in [3.05, 3.63) is 95.8 Å². The van der Waals surface area contributed by atoms with Gasteiger partial charge in [-0.15, -0.1) is 0 Å². The summed E-state index contributed by atoms with van der Waals surface area (Å²) in [5.41, 5.74) is 3.07. The molecule has 1 heterocycles. The average Bonchev–Trinajstić information content (AvgIpc) is 3.13. The number of amides is 2. The molecule has 3 aromatic carbocycles. The van der Waals surface area contributed by atoms with E-state index in [0.29, 0.717) is 13.1 Å². The minimum Gasteiger partial charge on any atom is -0.336 e. The number of carbonyl (C=O) groups excluding carboxylic acids is 1. The molecule has 2 amide bonds. The first-order valence-electron chi connectivity index (χ1n) is 10.1. The fraction of sp³-hybridized carbons (Fsp3) is 0.167. The van der Waals surface area contributed by atoms with Crippen molar-refractivity contribution in [1.82, 2.24) is 14.9 Å². The van der Waals surface area contributed by atoms with Crippen LogP contribution in [0.25, 0.3) is 11.0 Å². The summed E-state index contributed by atoms with van der Waals surface area (Å²) in [6.45, 7) is 0.845. The largest absolute Gasteiger partial charge is 0.336 e. The third kappa shape index (κ3) is 5.06. The summed E-state index contributed by atoms with van der Waals surface area (Å²) in [5.74, 6) is -0.575. The molecule has 0 fully saturated rings. The number of benzene rings is 3. The van der Waals surface area contributed by atoms with E-state index >= 15 is 0 Å². The highest BCUT2D eigenvalue weighted by molar-refractivity contribution is 5.89. The summed E-state index contributed by atoms with van der Waals surface area (Å²) < 4.78 is 28.8. The van der Waals surface area contributed by atoms with Crippen molar-refractivity contribution in [3.8, 4) is 0 Å². The van der Waals surface area contributed by atoms with Gasteiger partial charge < -0.3 is 15.2 Å². The number of hydrogen-bond donors (Lipinski definition) is 2. The van der Waals surface area contributed by atoms with E-state index < -0.39 is 17.7 Å². The Hall–Kier alpha value is -3.74. The summed E-state index contributed by atoms with van der Waals surface area (Å²) in [4.78, 5) is 16.9. The Bertz CT molecular complexity index is 1190. The normalized spacial score (nSPS) is 10.9. The number of hydrogen-bond acceptors (Lipinski definition) is 2. The molecule has 0 atom stereocenters. The zero-order valence-corrected chi connectivity index (χ0v) is 16.8. The van der Waals surface area contributed by atoms with Crippen molar-refractivity contribution in [2.45, 2.75) is 19.4 Å². The first-order valence-corrected chi connectivity index (χ1v) is 10.1. The Morgan fingerprint density at radius 3 is 2.52 bits per heavy atom. The Labute approximate surface area is 178 Å². The molecule has 0 spiro atoms. The summed E-state index contributed by atoms with van der Waals surface area (Å²) >= 11 is 0. The number of urea groups is 1. The standard InChI is InChI=1S/C24H22F2N4O/c25-18-11-12-20(19(26)16-18)29-24(31)27-14-15-30-22-9-5-4-8-21(22)28-23(30)13-10-17-6-2-1-3-7-17/h1-9,11-12,16H,10,13-15H2,(H2,27,29,31). The molecule has 0 saturated carbocycles. The van der Waals surface area contributed by atoms with E-state index in [1.807, 2.05) is 42.5 Å². The lowest BCUT2D eigenvalue weighted by Crippen LogP contribution is -2.32. The number of aryl methyl sites for hydroxylation is 2. The van der Waals surface area contributed by atoms with Gasteiger partial charge in [-0.1, -0.05) is 42.5 Å². The average molecular weight is 420 g/mol. The van der Waals surface area contributed by atoms with Gasteiger partial charge in [-0.05, 0) is 36.2 Å². The highest BCUT2D eigenvalue weighted by Crippen LogP contribution is 2.18. The van der Waals surface area contributed by atoms with E-state index in [4.69, 9.17) is 4.98 Å². The Morgan fingerprint density at radius 2 is 1.71 bits per heavy atom. The predicted octanol–water partition coefficient (Wildman–Crippen LogP) is 4.92. The summed E-state index contributed by atoms with van der Waals surface area (Å²) in [7, 11) is 0. The van der Waals surface area contributed by atoms with Crippen LogP contribution in [0, 0.1) is 11.6 Å². The van der Waals surface area contributed by atoms with Crippen LogP contribution in [0.4, 0.5) is 19.3 Å². The van der Waals surface area contributed by atoms with Crippen molar-refractivity contribution in [1.29, 1.82) is 0 Å². The molecular formula is C24H22F2N4O. The fourth-order valence-electron chi connectivity index (χ4n) is 3.51. The topological polar surface area (TPSA) is 59.0 Å². The van der Waals surface area contributed by atoms with Crippen LogP contribution in [-0.2, 0) is 19.4 Å². The van der Waals surface area contributed by atoms with E-state index in [-0.39, 0.29) is 5.69 Å². The van der Waals surface area contributed by atoms with E-state index in [1.54, 1.807) is 0 Å². The van der Waals surface area contributed by atoms with Crippen LogP contribution in [0.2, 0.25) is 0 Å². The second-order valence-corrected chi connectivity index (χ2v) is 7.16. The molecule has 7 heteroatoms. The second kappa shape index (κ2) is 9.38. The van der Waals surface area contributed by atoms with Gasteiger partial charge in [-0.3, -0.25) is 0 Å². The van der Waals surface area contributed by atoms with Crippen molar-refractivity contribution in [2.75, 3.05) is 11.9 Å². The molecule has 31 heavy (non-hydrogen) atoms. The number of rotatable bonds is 7. The number of nitrogens with one attached hydrogen (secondary N) is 2. The molecule has 0 aliphatic carbocycles. The van der Waals surface area contributed by atoms with Gasteiger partial charge in [-0.2, -0.15) is 0 Å². The highest BCUT2D eigenvalue weighted by Gasteiger charge is 2.12. The molecule has 0 unspecified atom stereocenters. The van der Waals surface area contributed by atoms with E-state index in [1.165, 1.54) is 11.6 Å². The molecule has 0 saturated heterocycles. The van der Waals surface area contributed by atoms with Crippen LogP contribution in [0.5, 0.6) is 0 Å². The lowest BCUT2D eigenvalue weighted by molar-refractivity contribution is 0.251. The number of aromatic nitrogens is 2. The van der Waals surface area contributed by atoms with Gasteiger partial charge in [0.25, 0.3) is 0 Å². The lowest BCUT2D eigenvalue weighted by atomic mass is 10.1. The van der Waals surface area contributed by atoms with E-state index in [9.17, 15) is 13.6 Å². The zero-order valence-electron chi connectivity index (χ0n) is 16.8. The van der Waals surface area contributed by atoms with Crippen molar-refractivity contribution in [3.63, 3.8) is 0 Å². The molecule has 2 N–H and O–H groups in total. The quantitative estimate of drug-likeness (QED) is 0.446. The van der Waals surface area contributed by atoms with Crippen LogP contribution in [0.15, 0.2) is 72.8 Å². The smallest absolute Gasteiger partial charge is 0.319 e. The first-order chi connectivity index (χ1) is 15.1. The molecular weight excluding hydrogens is 398 g/mol. The van der Waals surface area contributed by atoms with Crippen LogP contribution >= 0.6 is 0 Å². The number of carbonyl (C=O) groups is 1. The van der Waals surface area contributed by atoms with Gasteiger partial charge in [0.05, 0.1) is 16.7 Å². The number of imidazole rings is 1. The van der Waals surface area contributed by atoms with Gasteiger partial charge in [0, 0.05) is 25.6 Å². The minimum absolute atomic E-state index is 0.0736. The van der Waals surface area contributed by atoms with Crippen molar-refractivity contribution in [2.24, 2.45) is 0 Å². The molecule has 158 valence electrons. The van der Waals surface area contributed by atoms with Crippen LogP contribution in [0.1, 0.15) is 11.4 Å². The number of halogens is 2. The van der Waals surface area contributed by atoms with E-state index in [0.717, 1.165) is 41.8 Å². The SMILES string of the molecule is O=C(NCCn1c(CCc2ccccc2)nc2ccccc21)Nc1ccc(F)cc1F. The molecule has 1 aromatic heterocycles. The fourth-order valence-corrected chi connectivity index (χ4v) is 3.51. The first kappa shape index (κ1) is 20.5. The van der Waals surface area contributed by atoms with E-state index in [2.05, 4.69) is 27.3 Å². The van der Waals surface area contributed by atoms with Gasteiger partial charge >= 0.3 is 6.03 Å². The van der Waals surface area contributed by atoms with Gasteiger partial charge in [0.15, 0.2) is 0 Å².